The van der Waals surface area contributed by atoms with Crippen LogP contribution in [-0.2, 0) is 14.8 Å². The molecule has 1 aliphatic carbocycles. The van der Waals surface area contributed by atoms with E-state index in [9.17, 15) is 13.2 Å². The Balaban J connectivity index is 1.25. The summed E-state index contributed by atoms with van der Waals surface area (Å²) in [4.78, 5) is 18.0. The van der Waals surface area contributed by atoms with Crippen LogP contribution in [0.2, 0.25) is 0 Å². The van der Waals surface area contributed by atoms with E-state index in [-0.39, 0.29) is 22.9 Å². The third-order valence-corrected chi connectivity index (χ3v) is 8.89. The Labute approximate surface area is 189 Å². The minimum absolute atomic E-state index is 0.137. The fourth-order valence-corrected chi connectivity index (χ4v) is 6.67. The zero-order chi connectivity index (χ0) is 22.5. The van der Waals surface area contributed by atoms with Gasteiger partial charge in [0, 0.05) is 50.2 Å². The van der Waals surface area contributed by atoms with Gasteiger partial charge in [0.05, 0.1) is 16.0 Å². The molecule has 0 radical (unpaired) electrons. The number of carbonyl (C=O) groups excluding carboxylic acids is 1. The predicted octanol–water partition coefficient (Wildman–Crippen LogP) is 2.01. The monoisotopic (exact) mass is 457 g/mol. The third kappa shape index (κ3) is 3.76. The Bertz CT molecular complexity index is 1090. The van der Waals surface area contributed by atoms with Crippen molar-refractivity contribution in [2.45, 2.75) is 62.6 Å². The molecule has 1 spiro atoms. The molecule has 3 heterocycles. The van der Waals surface area contributed by atoms with Gasteiger partial charge in [-0.3, -0.25) is 4.79 Å². The zero-order valence-electron chi connectivity index (χ0n) is 18.6. The van der Waals surface area contributed by atoms with Gasteiger partial charge >= 0.3 is 0 Å². The van der Waals surface area contributed by atoms with Crippen molar-refractivity contribution in [2.75, 3.05) is 19.6 Å². The maximum Gasteiger partial charge on any atom is 0.240 e. The minimum atomic E-state index is -3.73. The van der Waals surface area contributed by atoms with E-state index in [1.165, 1.54) is 0 Å². The molecule has 3 aliphatic rings. The molecule has 1 saturated carbocycles. The van der Waals surface area contributed by atoms with Crippen molar-refractivity contribution in [3.05, 3.63) is 42.7 Å². The standard InChI is InChI=1S/C23H31N5O3S/c1-17(2)26-12-7-18(8-13-26)27-14-9-23(22(27)29)16-21(23)25-32(30,31)20-6-3-5-19(15-20)28-11-4-10-24-28/h3-6,10-11,15,17-18,21,25H,7-9,12-14,16H2,1-2H3. The van der Waals surface area contributed by atoms with Gasteiger partial charge in [-0.05, 0) is 63.8 Å². The molecular weight excluding hydrogens is 426 g/mol. The van der Waals surface area contributed by atoms with Gasteiger partial charge in [0.15, 0.2) is 0 Å². The van der Waals surface area contributed by atoms with E-state index < -0.39 is 15.4 Å². The van der Waals surface area contributed by atoms with Gasteiger partial charge in [-0.25, -0.2) is 17.8 Å². The van der Waals surface area contributed by atoms with E-state index in [0.29, 0.717) is 18.2 Å². The Morgan fingerprint density at radius 1 is 1.16 bits per heavy atom. The van der Waals surface area contributed by atoms with Crippen molar-refractivity contribution < 1.29 is 13.2 Å². The molecule has 0 bridgehead atoms. The number of aromatic nitrogens is 2. The summed E-state index contributed by atoms with van der Waals surface area (Å²) in [5.74, 6) is 0.137. The van der Waals surface area contributed by atoms with E-state index in [1.807, 2.05) is 11.0 Å². The Morgan fingerprint density at radius 2 is 1.94 bits per heavy atom. The Morgan fingerprint density at radius 3 is 2.62 bits per heavy atom. The van der Waals surface area contributed by atoms with Gasteiger partial charge in [0.2, 0.25) is 15.9 Å². The second-order valence-corrected chi connectivity index (χ2v) is 11.3. The molecule has 5 rings (SSSR count). The minimum Gasteiger partial charge on any atom is -0.339 e. The molecular formula is C23H31N5O3S. The first kappa shape index (κ1) is 21.6. The number of amides is 1. The summed E-state index contributed by atoms with van der Waals surface area (Å²) in [7, 11) is -3.73. The van der Waals surface area contributed by atoms with E-state index in [0.717, 1.165) is 38.9 Å². The van der Waals surface area contributed by atoms with Crippen molar-refractivity contribution >= 4 is 15.9 Å². The molecule has 3 fully saturated rings. The number of nitrogens with one attached hydrogen (secondary N) is 1. The first-order chi connectivity index (χ1) is 15.3. The summed E-state index contributed by atoms with van der Waals surface area (Å²) in [6, 6.07) is 8.98. The molecule has 2 atom stereocenters. The van der Waals surface area contributed by atoms with Gasteiger partial charge in [-0.15, -0.1) is 0 Å². The Kier molecular flexibility index (Phi) is 5.38. The predicted molar refractivity (Wildman–Crippen MR) is 121 cm³/mol. The second-order valence-electron chi connectivity index (χ2n) is 9.59. The van der Waals surface area contributed by atoms with E-state index in [2.05, 4.69) is 28.6 Å². The molecule has 2 aliphatic heterocycles. The van der Waals surface area contributed by atoms with E-state index in [1.54, 1.807) is 41.3 Å². The third-order valence-electron chi connectivity index (χ3n) is 7.43. The molecule has 1 aromatic carbocycles. The summed E-state index contributed by atoms with van der Waals surface area (Å²) in [5, 5.41) is 4.17. The normalized spacial score (nSPS) is 27.0. The molecule has 2 aromatic rings. The summed E-state index contributed by atoms with van der Waals surface area (Å²) in [6.07, 6.45) is 6.74. The number of carbonyl (C=O) groups is 1. The average molecular weight is 458 g/mol. The summed E-state index contributed by atoms with van der Waals surface area (Å²) in [5.41, 5.74) is 0.126. The van der Waals surface area contributed by atoms with Crippen molar-refractivity contribution in [3.63, 3.8) is 0 Å². The molecule has 1 aromatic heterocycles. The highest BCUT2D eigenvalue weighted by atomic mass is 32.2. The highest BCUT2D eigenvalue weighted by molar-refractivity contribution is 7.89. The molecule has 2 saturated heterocycles. The SMILES string of the molecule is CC(C)N1CCC(N2CCC3(CC3NS(=O)(=O)c3cccc(-n4cccn4)c3)C2=O)CC1. The topological polar surface area (TPSA) is 87.5 Å². The Hall–Kier alpha value is -2.23. The van der Waals surface area contributed by atoms with E-state index in [4.69, 9.17) is 0 Å². The summed E-state index contributed by atoms with van der Waals surface area (Å²) in [6.45, 7) is 7.19. The van der Waals surface area contributed by atoms with Crippen molar-refractivity contribution in [1.29, 1.82) is 0 Å². The molecule has 2 unspecified atom stereocenters. The molecule has 32 heavy (non-hydrogen) atoms. The van der Waals surface area contributed by atoms with Crippen LogP contribution in [0.1, 0.15) is 39.5 Å². The number of likely N-dealkylation sites (tertiary alicyclic amines) is 2. The number of sulfonamides is 1. The van der Waals surface area contributed by atoms with E-state index >= 15 is 0 Å². The van der Waals surface area contributed by atoms with Crippen LogP contribution in [0, 0.1) is 5.41 Å². The summed E-state index contributed by atoms with van der Waals surface area (Å²) >= 11 is 0. The first-order valence-electron chi connectivity index (χ1n) is 11.5. The fourth-order valence-electron chi connectivity index (χ4n) is 5.32. The zero-order valence-corrected chi connectivity index (χ0v) is 19.5. The van der Waals surface area contributed by atoms with Crippen molar-refractivity contribution in [3.8, 4) is 5.69 Å². The first-order valence-corrected chi connectivity index (χ1v) is 13.0. The highest BCUT2D eigenvalue weighted by Gasteiger charge is 2.65. The van der Waals surface area contributed by atoms with Crippen LogP contribution in [0.3, 0.4) is 0 Å². The van der Waals surface area contributed by atoms with Crippen LogP contribution >= 0.6 is 0 Å². The number of nitrogens with zero attached hydrogens (tertiary/aromatic N) is 4. The highest BCUT2D eigenvalue weighted by Crippen LogP contribution is 2.55. The van der Waals surface area contributed by atoms with Gasteiger partial charge in [-0.2, -0.15) is 5.10 Å². The average Bonchev–Trinajstić information content (AvgIpc) is 3.11. The van der Waals surface area contributed by atoms with Crippen LogP contribution < -0.4 is 4.72 Å². The van der Waals surface area contributed by atoms with Gasteiger partial charge in [-0.1, -0.05) is 6.07 Å². The van der Waals surface area contributed by atoms with Crippen LogP contribution in [0.15, 0.2) is 47.6 Å². The largest absolute Gasteiger partial charge is 0.339 e. The van der Waals surface area contributed by atoms with Crippen LogP contribution in [0.5, 0.6) is 0 Å². The van der Waals surface area contributed by atoms with Crippen molar-refractivity contribution in [2.24, 2.45) is 5.41 Å². The summed E-state index contributed by atoms with van der Waals surface area (Å²) < 4.78 is 30.6. The molecule has 8 nitrogen and oxygen atoms in total. The lowest BCUT2D eigenvalue weighted by atomic mass is 10.0. The van der Waals surface area contributed by atoms with Crippen LogP contribution in [0.25, 0.3) is 5.69 Å². The lowest BCUT2D eigenvalue weighted by molar-refractivity contribution is -0.135. The lowest BCUT2D eigenvalue weighted by Crippen LogP contribution is -2.48. The number of piperidine rings is 1. The van der Waals surface area contributed by atoms with Gasteiger partial charge in [0.25, 0.3) is 0 Å². The second kappa shape index (κ2) is 7.97. The smallest absolute Gasteiger partial charge is 0.240 e. The van der Waals surface area contributed by atoms with Crippen LogP contribution in [0.4, 0.5) is 0 Å². The fraction of sp³-hybridized carbons (Fsp3) is 0.565. The maximum absolute atomic E-state index is 13.3. The van der Waals surface area contributed by atoms with Crippen LogP contribution in [-0.4, -0.2) is 71.7 Å². The number of hydrogen-bond donors (Lipinski definition) is 1. The molecule has 1 amide bonds. The molecule has 172 valence electrons. The quantitative estimate of drug-likeness (QED) is 0.717. The molecule has 9 heteroatoms. The number of hydrogen-bond acceptors (Lipinski definition) is 5. The number of rotatable bonds is 6. The lowest BCUT2D eigenvalue weighted by Gasteiger charge is -2.38. The number of benzene rings is 1. The molecule has 1 N–H and O–H groups in total. The maximum atomic E-state index is 13.3. The van der Waals surface area contributed by atoms with Gasteiger partial charge in [0.1, 0.15) is 0 Å². The van der Waals surface area contributed by atoms with Crippen molar-refractivity contribution in [1.82, 2.24) is 24.3 Å². The van der Waals surface area contributed by atoms with Gasteiger partial charge < -0.3 is 9.80 Å².